The summed E-state index contributed by atoms with van der Waals surface area (Å²) in [6.07, 6.45) is 8.17. The highest BCUT2D eigenvalue weighted by atomic mass is 32.2. The Kier molecular flexibility index (Phi) is 7.94. The van der Waals surface area contributed by atoms with Gasteiger partial charge in [-0.2, -0.15) is 4.72 Å². The fraction of sp³-hybridized carbons (Fsp3) is 0.567. The number of fused-ring (bicyclic) bond motifs is 1. The van der Waals surface area contributed by atoms with Crippen LogP contribution in [0, 0.1) is 38.0 Å². The lowest BCUT2D eigenvalue weighted by Gasteiger charge is -2.57. The summed E-state index contributed by atoms with van der Waals surface area (Å²) in [4.78, 5) is 29.5. The lowest BCUT2D eigenvalue weighted by molar-refractivity contribution is -0.142. The highest BCUT2D eigenvalue weighted by Crippen LogP contribution is 2.62. The predicted octanol–water partition coefficient (Wildman–Crippen LogP) is 3.65. The van der Waals surface area contributed by atoms with Crippen molar-refractivity contribution in [1.29, 1.82) is 0 Å². The van der Waals surface area contributed by atoms with E-state index in [0.29, 0.717) is 17.0 Å². The smallest absolute Gasteiger partial charge is 0.323 e. The van der Waals surface area contributed by atoms with Gasteiger partial charge in [0.1, 0.15) is 11.9 Å². The van der Waals surface area contributed by atoms with E-state index in [9.17, 15) is 23.1 Å². The van der Waals surface area contributed by atoms with Gasteiger partial charge >= 0.3 is 5.97 Å². The van der Waals surface area contributed by atoms with Crippen LogP contribution in [-0.2, 0) is 32.5 Å². The first-order valence-electron chi connectivity index (χ1n) is 14.3. The first-order chi connectivity index (χ1) is 18.9. The molecule has 2 aliphatic carbocycles. The van der Waals surface area contributed by atoms with Crippen molar-refractivity contribution in [3.8, 4) is 0 Å². The largest absolute Gasteiger partial charge is 0.480 e. The van der Waals surface area contributed by atoms with Gasteiger partial charge in [-0.1, -0.05) is 23.8 Å². The Morgan fingerprint density at radius 3 is 2.50 bits per heavy atom. The number of pyridine rings is 1. The molecule has 0 saturated heterocycles. The maximum absolute atomic E-state index is 13.0. The molecule has 4 N–H and O–H groups in total. The van der Waals surface area contributed by atoms with Gasteiger partial charge in [0.25, 0.3) is 0 Å². The molecule has 10 heteroatoms. The van der Waals surface area contributed by atoms with Crippen molar-refractivity contribution in [3.63, 3.8) is 0 Å². The van der Waals surface area contributed by atoms with Gasteiger partial charge in [0.05, 0.1) is 4.90 Å². The molecule has 40 heavy (non-hydrogen) atoms. The third kappa shape index (κ3) is 6.02. The number of rotatable bonds is 10. The van der Waals surface area contributed by atoms with E-state index in [2.05, 4.69) is 27.5 Å². The van der Waals surface area contributed by atoms with Crippen molar-refractivity contribution in [2.45, 2.75) is 83.1 Å². The minimum absolute atomic E-state index is 0.0789. The van der Waals surface area contributed by atoms with Crippen molar-refractivity contribution < 1.29 is 23.1 Å². The highest BCUT2D eigenvalue weighted by Gasteiger charge is 2.54. The molecular formula is C30H40N4O5S. The van der Waals surface area contributed by atoms with E-state index in [-0.39, 0.29) is 28.7 Å². The molecule has 2 aromatic rings. The van der Waals surface area contributed by atoms with Crippen LogP contribution < -0.4 is 15.4 Å². The van der Waals surface area contributed by atoms with Gasteiger partial charge in [-0.3, -0.25) is 9.59 Å². The van der Waals surface area contributed by atoms with E-state index in [1.54, 1.807) is 26.0 Å². The van der Waals surface area contributed by atoms with Crippen LogP contribution in [0.2, 0.25) is 0 Å². The van der Waals surface area contributed by atoms with Crippen molar-refractivity contribution in [1.82, 2.24) is 15.0 Å². The lowest BCUT2D eigenvalue weighted by atomic mass is 9.47. The van der Waals surface area contributed by atoms with Gasteiger partial charge < -0.3 is 15.7 Å². The molecule has 0 radical (unpaired) electrons. The number of hydrogen-bond donors (Lipinski definition) is 4. The Balaban J connectivity index is 1.07. The molecule has 9 nitrogen and oxygen atoms in total. The van der Waals surface area contributed by atoms with E-state index < -0.39 is 22.0 Å². The zero-order valence-corrected chi connectivity index (χ0v) is 24.4. The summed E-state index contributed by atoms with van der Waals surface area (Å²) in [6.45, 7) is 5.94. The minimum Gasteiger partial charge on any atom is -0.480 e. The number of aryl methyl sites for hydroxylation is 5. The Labute approximate surface area is 236 Å². The van der Waals surface area contributed by atoms with Crippen LogP contribution in [0.1, 0.15) is 66.5 Å². The molecular weight excluding hydrogens is 528 g/mol. The second-order valence-electron chi connectivity index (χ2n) is 12.2. The Morgan fingerprint density at radius 2 is 1.82 bits per heavy atom. The number of carbonyl (C=O) groups excluding carboxylic acids is 1. The second-order valence-corrected chi connectivity index (χ2v) is 13.9. The van der Waals surface area contributed by atoms with E-state index >= 15 is 0 Å². The highest BCUT2D eigenvalue weighted by molar-refractivity contribution is 7.89. The number of aromatic nitrogens is 1. The molecule has 1 spiro atoms. The average Bonchev–Trinajstić information content (AvgIpc) is 2.83. The standard InChI is InChI=1S/C30H40N4O5S/c1-18-11-19(2)26(20(3)12-18)40(38,39)34-25(29(36)37)17-32-28(35)23-15-30(16-23)13-21(14-30)6-8-24-9-7-22-5-4-10-31-27(22)33-24/h7,9,11-12,21,23,25,34H,4-6,8,10,13-17H2,1-3H3,(H,31,33)(H,32,35)(H,36,37)/t21?,23?,25-,30?/m0/s1. The third-order valence-corrected chi connectivity index (χ3v) is 10.7. The van der Waals surface area contributed by atoms with Gasteiger partial charge in [0.2, 0.25) is 15.9 Å². The molecule has 0 unspecified atom stereocenters. The molecule has 2 heterocycles. The molecule has 1 amide bonds. The lowest BCUT2D eigenvalue weighted by Crippen LogP contribution is -2.54. The van der Waals surface area contributed by atoms with Crippen LogP contribution in [0.4, 0.5) is 5.82 Å². The molecule has 2 saturated carbocycles. The molecule has 1 aromatic carbocycles. The first-order valence-corrected chi connectivity index (χ1v) is 15.8. The Bertz CT molecular complexity index is 1390. The molecule has 5 rings (SSSR count). The quantitative estimate of drug-likeness (QED) is 0.343. The summed E-state index contributed by atoms with van der Waals surface area (Å²) in [5.41, 5.74) is 4.69. The predicted molar refractivity (Wildman–Crippen MR) is 153 cm³/mol. The number of aliphatic carboxylic acids is 1. The molecule has 0 bridgehead atoms. The maximum atomic E-state index is 13.0. The van der Waals surface area contributed by atoms with Crippen LogP contribution >= 0.6 is 0 Å². The molecule has 2 fully saturated rings. The number of amides is 1. The molecule has 1 aliphatic heterocycles. The van der Waals surface area contributed by atoms with Crippen LogP contribution in [-0.4, -0.2) is 49.5 Å². The van der Waals surface area contributed by atoms with Crippen LogP contribution in [0.15, 0.2) is 29.2 Å². The monoisotopic (exact) mass is 568 g/mol. The fourth-order valence-corrected chi connectivity index (χ4v) is 8.74. The van der Waals surface area contributed by atoms with Crippen LogP contribution in [0.25, 0.3) is 0 Å². The van der Waals surface area contributed by atoms with Crippen LogP contribution in [0.3, 0.4) is 0 Å². The van der Waals surface area contributed by atoms with E-state index in [1.165, 1.54) is 5.56 Å². The number of hydrogen-bond acceptors (Lipinski definition) is 6. The summed E-state index contributed by atoms with van der Waals surface area (Å²) in [5.74, 6) is 0.00615. The second kappa shape index (κ2) is 11.1. The number of carboxylic acid groups (broad SMARTS) is 1. The SMILES string of the molecule is Cc1cc(C)c(S(=O)(=O)N[C@@H](CNC(=O)C2CC3(CC(CCc4ccc5c(n4)NCCC5)C3)C2)C(=O)O)c(C)c1. The number of carbonyl (C=O) groups is 2. The molecule has 3 aliphatic rings. The summed E-state index contributed by atoms with van der Waals surface area (Å²) in [7, 11) is -4.08. The average molecular weight is 569 g/mol. The summed E-state index contributed by atoms with van der Waals surface area (Å²) in [6, 6.07) is 6.39. The Morgan fingerprint density at radius 1 is 1.12 bits per heavy atom. The topological polar surface area (TPSA) is 137 Å². The Hall–Kier alpha value is -2.98. The van der Waals surface area contributed by atoms with Crippen molar-refractivity contribution >= 4 is 27.7 Å². The molecule has 1 atom stereocenters. The van der Waals surface area contributed by atoms with Gasteiger partial charge in [0.15, 0.2) is 0 Å². The fourth-order valence-electron chi connectivity index (χ4n) is 7.10. The third-order valence-electron chi connectivity index (χ3n) is 8.88. The number of sulfonamides is 1. The van der Waals surface area contributed by atoms with Crippen molar-refractivity contribution in [2.24, 2.45) is 17.3 Å². The summed E-state index contributed by atoms with van der Waals surface area (Å²) < 4.78 is 28.3. The van der Waals surface area contributed by atoms with E-state index in [4.69, 9.17) is 4.98 Å². The van der Waals surface area contributed by atoms with Gasteiger partial charge in [-0.05, 0) is 106 Å². The van der Waals surface area contributed by atoms with Crippen molar-refractivity contribution in [2.75, 3.05) is 18.4 Å². The van der Waals surface area contributed by atoms with Gasteiger partial charge in [0, 0.05) is 24.7 Å². The van der Waals surface area contributed by atoms with E-state index in [0.717, 1.165) is 75.0 Å². The zero-order valence-electron chi connectivity index (χ0n) is 23.5. The maximum Gasteiger partial charge on any atom is 0.323 e. The number of nitrogens with one attached hydrogen (secondary N) is 3. The normalized spacial score (nSPS) is 24.3. The summed E-state index contributed by atoms with van der Waals surface area (Å²) >= 11 is 0. The van der Waals surface area contributed by atoms with Gasteiger partial charge in [-0.15, -0.1) is 0 Å². The molecule has 216 valence electrons. The summed E-state index contributed by atoms with van der Waals surface area (Å²) in [5, 5.41) is 15.7. The number of benzene rings is 1. The number of carboxylic acids is 1. The van der Waals surface area contributed by atoms with Gasteiger partial charge in [-0.25, -0.2) is 13.4 Å². The van der Waals surface area contributed by atoms with Crippen molar-refractivity contribution in [3.05, 3.63) is 52.2 Å². The molecule has 1 aromatic heterocycles. The zero-order chi connectivity index (χ0) is 28.7. The van der Waals surface area contributed by atoms with E-state index in [1.807, 2.05) is 6.92 Å². The number of anilines is 1. The minimum atomic E-state index is -4.08. The van der Waals surface area contributed by atoms with Crippen LogP contribution in [0.5, 0.6) is 0 Å². The number of nitrogens with zero attached hydrogens (tertiary/aromatic N) is 1. The first kappa shape index (κ1) is 28.5.